The molecule has 0 atom stereocenters. The van der Waals surface area contributed by atoms with Gasteiger partial charge in [0.1, 0.15) is 0 Å². The molecule has 0 saturated heterocycles. The summed E-state index contributed by atoms with van der Waals surface area (Å²) in [6.07, 6.45) is 4.71. The predicted octanol–water partition coefficient (Wildman–Crippen LogP) is 2.67. The third-order valence-electron chi connectivity index (χ3n) is 3.06. The van der Waals surface area contributed by atoms with Crippen molar-refractivity contribution in [1.29, 1.82) is 0 Å². The fourth-order valence-corrected chi connectivity index (χ4v) is 2.14. The van der Waals surface area contributed by atoms with Crippen LogP contribution in [0, 0.1) is 6.92 Å². The molecule has 5 nitrogen and oxygen atoms in total. The van der Waals surface area contributed by atoms with Gasteiger partial charge < -0.3 is 5.32 Å². The number of aryl methyl sites for hydroxylation is 1. The number of nitrogens with one attached hydrogen (secondary N) is 1. The summed E-state index contributed by atoms with van der Waals surface area (Å²) in [5.74, 6) is -0.859. The molecule has 3 amide bonds. The van der Waals surface area contributed by atoms with Gasteiger partial charge in [-0.25, -0.2) is 4.90 Å². The SMILES string of the molecule is C=C(Cl)/C=C\C1=CC(=O)N(c2ccc(NC=O)cc2C)C1=O. The lowest BCUT2D eigenvalue weighted by molar-refractivity contribution is -0.120. The van der Waals surface area contributed by atoms with E-state index in [1.165, 1.54) is 18.2 Å². The summed E-state index contributed by atoms with van der Waals surface area (Å²) in [5, 5.41) is 2.78. The van der Waals surface area contributed by atoms with E-state index >= 15 is 0 Å². The van der Waals surface area contributed by atoms with E-state index < -0.39 is 11.8 Å². The monoisotopic (exact) mass is 316 g/mol. The van der Waals surface area contributed by atoms with Crippen molar-refractivity contribution >= 4 is 41.2 Å². The third-order valence-corrected chi connectivity index (χ3v) is 3.18. The van der Waals surface area contributed by atoms with E-state index in [9.17, 15) is 14.4 Å². The molecule has 1 aromatic carbocycles. The minimum atomic E-state index is -0.432. The Morgan fingerprint density at radius 1 is 1.36 bits per heavy atom. The van der Waals surface area contributed by atoms with Crippen LogP contribution in [0.2, 0.25) is 0 Å². The highest BCUT2D eigenvalue weighted by atomic mass is 35.5. The van der Waals surface area contributed by atoms with E-state index in [1.807, 2.05) is 0 Å². The maximum atomic E-state index is 12.3. The third kappa shape index (κ3) is 3.15. The van der Waals surface area contributed by atoms with Gasteiger partial charge >= 0.3 is 0 Å². The summed E-state index contributed by atoms with van der Waals surface area (Å²) >= 11 is 5.61. The number of nitrogens with zero attached hydrogens (tertiary/aromatic N) is 1. The van der Waals surface area contributed by atoms with Gasteiger partial charge in [0.15, 0.2) is 0 Å². The molecule has 0 spiro atoms. The van der Waals surface area contributed by atoms with Crippen molar-refractivity contribution in [1.82, 2.24) is 0 Å². The van der Waals surface area contributed by atoms with Gasteiger partial charge in [0.05, 0.1) is 5.69 Å². The molecule has 1 aliphatic heterocycles. The number of allylic oxidation sites excluding steroid dienone is 2. The molecule has 0 fully saturated rings. The summed E-state index contributed by atoms with van der Waals surface area (Å²) in [7, 11) is 0. The number of carbonyl (C=O) groups excluding carboxylic acids is 3. The minimum Gasteiger partial charge on any atom is -0.329 e. The number of hydrogen-bond donors (Lipinski definition) is 1. The van der Waals surface area contributed by atoms with Gasteiger partial charge in [-0.1, -0.05) is 18.2 Å². The summed E-state index contributed by atoms with van der Waals surface area (Å²) in [5.41, 5.74) is 1.98. The second-order valence-electron chi connectivity index (χ2n) is 4.62. The molecule has 0 unspecified atom stereocenters. The zero-order valence-electron chi connectivity index (χ0n) is 11.8. The molecule has 112 valence electrons. The Hall–Kier alpha value is -2.66. The summed E-state index contributed by atoms with van der Waals surface area (Å²) in [6.45, 7) is 5.24. The van der Waals surface area contributed by atoms with Crippen LogP contribution in [-0.2, 0) is 14.4 Å². The Morgan fingerprint density at radius 3 is 2.68 bits per heavy atom. The normalized spacial score (nSPS) is 14.5. The number of imide groups is 1. The number of benzene rings is 1. The average Bonchev–Trinajstić information content (AvgIpc) is 2.72. The van der Waals surface area contributed by atoms with Gasteiger partial charge in [-0.3, -0.25) is 14.4 Å². The Kier molecular flexibility index (Phi) is 4.58. The topological polar surface area (TPSA) is 66.5 Å². The van der Waals surface area contributed by atoms with Gasteiger partial charge in [0.25, 0.3) is 11.8 Å². The van der Waals surface area contributed by atoms with E-state index in [-0.39, 0.29) is 10.6 Å². The van der Waals surface area contributed by atoms with Crippen LogP contribution >= 0.6 is 11.6 Å². The molecule has 22 heavy (non-hydrogen) atoms. The highest BCUT2D eigenvalue weighted by molar-refractivity contribution is 6.33. The van der Waals surface area contributed by atoms with Crippen molar-refractivity contribution in [3.63, 3.8) is 0 Å². The smallest absolute Gasteiger partial charge is 0.265 e. The largest absolute Gasteiger partial charge is 0.329 e. The molecule has 0 bridgehead atoms. The number of carbonyl (C=O) groups is 3. The van der Waals surface area contributed by atoms with Crippen LogP contribution in [0.4, 0.5) is 11.4 Å². The van der Waals surface area contributed by atoms with E-state index in [1.54, 1.807) is 25.1 Å². The van der Waals surface area contributed by atoms with Crippen LogP contribution < -0.4 is 10.2 Å². The molecule has 1 aliphatic rings. The quantitative estimate of drug-likeness (QED) is 0.516. The van der Waals surface area contributed by atoms with Crippen molar-refractivity contribution in [3.05, 3.63) is 59.2 Å². The first-order valence-electron chi connectivity index (χ1n) is 6.37. The molecule has 0 aromatic heterocycles. The molecule has 6 heteroatoms. The summed E-state index contributed by atoms with van der Waals surface area (Å²) in [4.78, 5) is 35.9. The molecule has 0 saturated carbocycles. The molecule has 0 aliphatic carbocycles. The Balaban J connectivity index is 2.31. The van der Waals surface area contributed by atoms with Gasteiger partial charge in [0.2, 0.25) is 6.41 Å². The minimum absolute atomic E-state index is 0.237. The maximum Gasteiger partial charge on any atom is 0.265 e. The first-order chi connectivity index (χ1) is 10.4. The van der Waals surface area contributed by atoms with E-state index in [0.717, 1.165) is 4.90 Å². The van der Waals surface area contributed by atoms with E-state index in [2.05, 4.69) is 11.9 Å². The lowest BCUT2D eigenvalue weighted by Gasteiger charge is -2.17. The first-order valence-corrected chi connectivity index (χ1v) is 6.75. The lowest BCUT2D eigenvalue weighted by atomic mass is 10.1. The number of halogens is 1. The van der Waals surface area contributed by atoms with Crippen molar-refractivity contribution < 1.29 is 14.4 Å². The number of anilines is 2. The van der Waals surface area contributed by atoms with Gasteiger partial charge in [0, 0.05) is 22.4 Å². The second kappa shape index (κ2) is 6.41. The van der Waals surface area contributed by atoms with Crippen molar-refractivity contribution in [2.75, 3.05) is 10.2 Å². The second-order valence-corrected chi connectivity index (χ2v) is 5.11. The summed E-state index contributed by atoms with van der Waals surface area (Å²) < 4.78 is 0. The first kappa shape index (κ1) is 15.7. The zero-order chi connectivity index (χ0) is 16.3. The van der Waals surface area contributed by atoms with Crippen LogP contribution in [0.5, 0.6) is 0 Å². The predicted molar refractivity (Wildman–Crippen MR) is 85.6 cm³/mol. The molecule has 1 heterocycles. The standard InChI is InChI=1S/C16H13ClN2O3/c1-10-7-13(18-9-20)5-6-14(10)19-15(21)8-12(16(19)22)4-3-11(2)17/h3-9H,2H2,1H3,(H,18,20)/b4-3-. The summed E-state index contributed by atoms with van der Waals surface area (Å²) in [6, 6.07) is 4.91. The van der Waals surface area contributed by atoms with E-state index in [4.69, 9.17) is 11.6 Å². The van der Waals surface area contributed by atoms with Crippen molar-refractivity contribution in [2.45, 2.75) is 6.92 Å². The van der Waals surface area contributed by atoms with Gasteiger partial charge in [-0.15, -0.1) is 0 Å². The fraction of sp³-hybridized carbons (Fsp3) is 0.0625. The molecule has 1 N–H and O–H groups in total. The van der Waals surface area contributed by atoms with Gasteiger partial charge in [-0.05, 0) is 42.8 Å². The zero-order valence-corrected chi connectivity index (χ0v) is 12.6. The molecular formula is C16H13ClN2O3. The number of hydrogen-bond acceptors (Lipinski definition) is 3. The molecule has 2 rings (SSSR count). The fourth-order valence-electron chi connectivity index (χ4n) is 2.08. The maximum absolute atomic E-state index is 12.3. The average molecular weight is 317 g/mol. The molecule has 1 aromatic rings. The lowest BCUT2D eigenvalue weighted by Crippen LogP contribution is -2.31. The van der Waals surface area contributed by atoms with E-state index in [0.29, 0.717) is 23.3 Å². The van der Waals surface area contributed by atoms with Crippen molar-refractivity contribution in [2.24, 2.45) is 0 Å². The Bertz CT molecular complexity index is 735. The highest BCUT2D eigenvalue weighted by Gasteiger charge is 2.31. The van der Waals surface area contributed by atoms with Crippen LogP contribution in [0.15, 0.2) is 53.6 Å². The van der Waals surface area contributed by atoms with Crippen LogP contribution in [-0.4, -0.2) is 18.2 Å². The number of amides is 3. The van der Waals surface area contributed by atoms with Crippen LogP contribution in [0.3, 0.4) is 0 Å². The molecular weight excluding hydrogens is 304 g/mol. The van der Waals surface area contributed by atoms with Crippen LogP contribution in [0.1, 0.15) is 5.56 Å². The Morgan fingerprint density at radius 2 is 2.09 bits per heavy atom. The number of rotatable bonds is 5. The molecule has 0 radical (unpaired) electrons. The van der Waals surface area contributed by atoms with Gasteiger partial charge in [-0.2, -0.15) is 0 Å². The van der Waals surface area contributed by atoms with Crippen molar-refractivity contribution in [3.8, 4) is 0 Å². The highest BCUT2D eigenvalue weighted by Crippen LogP contribution is 2.28. The van der Waals surface area contributed by atoms with Crippen LogP contribution in [0.25, 0.3) is 0 Å². The Labute approximate surface area is 132 Å².